The maximum absolute atomic E-state index is 12.1. The molecule has 2 aromatic carbocycles. The van der Waals surface area contributed by atoms with Gasteiger partial charge in [-0.1, -0.05) is 36.0 Å². The number of thiazole rings is 1. The number of amides is 1. The van der Waals surface area contributed by atoms with Crippen molar-refractivity contribution in [3.8, 4) is 5.75 Å². The molecule has 4 aromatic rings. The second-order valence-corrected chi connectivity index (χ2v) is 8.82. The monoisotopic (exact) mass is 454 g/mol. The molecule has 2 heterocycles. The molecule has 0 saturated carbocycles. The Kier molecular flexibility index (Phi) is 7.16. The van der Waals surface area contributed by atoms with Gasteiger partial charge in [0.15, 0.2) is 0 Å². The fourth-order valence-electron chi connectivity index (χ4n) is 2.96. The van der Waals surface area contributed by atoms with Crippen LogP contribution in [-0.2, 0) is 24.1 Å². The molecule has 4 rings (SSSR count). The number of hydrogen-bond donors (Lipinski definition) is 1. The van der Waals surface area contributed by atoms with Crippen molar-refractivity contribution in [2.45, 2.75) is 24.5 Å². The van der Waals surface area contributed by atoms with Crippen molar-refractivity contribution in [1.82, 2.24) is 20.5 Å². The van der Waals surface area contributed by atoms with Crippen LogP contribution in [0.25, 0.3) is 10.2 Å². The van der Waals surface area contributed by atoms with E-state index in [4.69, 9.17) is 9.15 Å². The van der Waals surface area contributed by atoms with Crippen LogP contribution in [0.3, 0.4) is 0 Å². The van der Waals surface area contributed by atoms with Gasteiger partial charge in [-0.3, -0.25) is 4.79 Å². The summed E-state index contributed by atoms with van der Waals surface area (Å²) < 4.78 is 12.0. The SMILES string of the molecule is COc1ccc(CCNC(=O)CSc2nnc(CCc3nc4ccccc4s3)o2)cc1. The highest BCUT2D eigenvalue weighted by Gasteiger charge is 2.11. The average Bonchev–Trinajstić information content (AvgIpc) is 3.43. The van der Waals surface area contributed by atoms with Crippen LogP contribution in [0, 0.1) is 0 Å². The lowest BCUT2D eigenvalue weighted by molar-refractivity contribution is -0.118. The number of fused-ring (bicyclic) bond motifs is 1. The third kappa shape index (κ3) is 6.05. The van der Waals surface area contributed by atoms with Gasteiger partial charge in [-0.25, -0.2) is 4.98 Å². The Hall–Kier alpha value is -2.91. The number of rotatable bonds is 10. The van der Waals surface area contributed by atoms with E-state index in [0.717, 1.165) is 34.7 Å². The molecule has 9 heteroatoms. The van der Waals surface area contributed by atoms with E-state index in [1.807, 2.05) is 42.5 Å². The third-order valence-electron chi connectivity index (χ3n) is 4.56. The number of para-hydroxylation sites is 1. The van der Waals surface area contributed by atoms with Crippen molar-refractivity contribution in [3.63, 3.8) is 0 Å². The van der Waals surface area contributed by atoms with Gasteiger partial charge in [0.1, 0.15) is 5.75 Å². The maximum atomic E-state index is 12.1. The Bertz CT molecular complexity index is 1110. The lowest BCUT2D eigenvalue weighted by Gasteiger charge is -2.05. The van der Waals surface area contributed by atoms with Gasteiger partial charge in [0, 0.05) is 19.4 Å². The first-order chi connectivity index (χ1) is 15.2. The standard InChI is InChI=1S/C22H22N4O3S2/c1-28-16-8-6-15(7-9-16)12-13-23-19(27)14-30-22-26-25-20(29-22)10-11-21-24-17-4-2-3-5-18(17)31-21/h2-9H,10-14H2,1H3,(H,23,27). The summed E-state index contributed by atoms with van der Waals surface area (Å²) in [4.78, 5) is 16.7. The molecule has 0 bridgehead atoms. The number of hydrogen-bond acceptors (Lipinski definition) is 8. The number of ether oxygens (including phenoxy) is 1. The topological polar surface area (TPSA) is 90.1 Å². The Morgan fingerprint density at radius 2 is 1.94 bits per heavy atom. The van der Waals surface area contributed by atoms with Crippen molar-refractivity contribution in [2.75, 3.05) is 19.4 Å². The van der Waals surface area contributed by atoms with Crippen molar-refractivity contribution in [2.24, 2.45) is 0 Å². The molecule has 0 fully saturated rings. The summed E-state index contributed by atoms with van der Waals surface area (Å²) >= 11 is 2.92. The lowest BCUT2D eigenvalue weighted by Crippen LogP contribution is -2.27. The molecule has 160 valence electrons. The van der Waals surface area contributed by atoms with Crippen molar-refractivity contribution in [3.05, 3.63) is 65.0 Å². The van der Waals surface area contributed by atoms with E-state index in [2.05, 4.69) is 26.6 Å². The highest BCUT2D eigenvalue weighted by molar-refractivity contribution is 7.99. The van der Waals surface area contributed by atoms with Crippen LogP contribution >= 0.6 is 23.1 Å². The number of methoxy groups -OCH3 is 1. The summed E-state index contributed by atoms with van der Waals surface area (Å²) in [6.07, 6.45) is 2.13. The molecule has 7 nitrogen and oxygen atoms in total. The number of benzene rings is 2. The van der Waals surface area contributed by atoms with E-state index in [-0.39, 0.29) is 11.7 Å². The molecule has 0 spiro atoms. The minimum absolute atomic E-state index is 0.0623. The fourth-order valence-corrected chi connectivity index (χ4v) is 4.53. The molecule has 0 aliphatic rings. The predicted octanol–water partition coefficient (Wildman–Crippen LogP) is 3.92. The Balaban J connectivity index is 1.17. The number of carbonyl (C=O) groups is 1. The van der Waals surface area contributed by atoms with Crippen LogP contribution in [0.4, 0.5) is 0 Å². The van der Waals surface area contributed by atoms with Crippen molar-refractivity contribution < 1.29 is 13.9 Å². The smallest absolute Gasteiger partial charge is 0.277 e. The molecular formula is C22H22N4O3S2. The second-order valence-electron chi connectivity index (χ2n) is 6.77. The molecule has 1 N–H and O–H groups in total. The molecule has 2 aromatic heterocycles. The zero-order chi connectivity index (χ0) is 21.5. The van der Waals surface area contributed by atoms with Crippen LogP contribution in [0.5, 0.6) is 5.75 Å². The molecule has 0 saturated heterocycles. The van der Waals surface area contributed by atoms with Gasteiger partial charge in [0.25, 0.3) is 5.22 Å². The average molecular weight is 455 g/mol. The van der Waals surface area contributed by atoms with Gasteiger partial charge in [0.05, 0.1) is 28.1 Å². The lowest BCUT2D eigenvalue weighted by atomic mass is 10.1. The molecular weight excluding hydrogens is 432 g/mol. The van der Waals surface area contributed by atoms with Crippen LogP contribution in [-0.4, -0.2) is 40.5 Å². The number of thioether (sulfide) groups is 1. The van der Waals surface area contributed by atoms with E-state index < -0.39 is 0 Å². The molecule has 0 unspecified atom stereocenters. The Labute approximate surface area is 188 Å². The van der Waals surface area contributed by atoms with Gasteiger partial charge in [-0.05, 0) is 36.2 Å². The first kappa shape index (κ1) is 21.3. The quantitative estimate of drug-likeness (QED) is 0.363. The Morgan fingerprint density at radius 1 is 1.10 bits per heavy atom. The van der Waals surface area contributed by atoms with Gasteiger partial charge in [0.2, 0.25) is 11.8 Å². The largest absolute Gasteiger partial charge is 0.497 e. The van der Waals surface area contributed by atoms with E-state index >= 15 is 0 Å². The fraction of sp³-hybridized carbons (Fsp3) is 0.273. The minimum atomic E-state index is -0.0623. The van der Waals surface area contributed by atoms with Crippen molar-refractivity contribution >= 4 is 39.2 Å². The summed E-state index contributed by atoms with van der Waals surface area (Å²) in [6, 6.07) is 15.9. The molecule has 1 amide bonds. The molecule has 0 aliphatic carbocycles. The molecule has 0 aliphatic heterocycles. The van der Waals surface area contributed by atoms with Crippen LogP contribution < -0.4 is 10.1 Å². The summed E-state index contributed by atoms with van der Waals surface area (Å²) in [5.41, 5.74) is 2.16. The summed E-state index contributed by atoms with van der Waals surface area (Å²) in [5.74, 6) is 1.56. The number of aryl methyl sites for hydroxylation is 2. The van der Waals surface area contributed by atoms with E-state index in [0.29, 0.717) is 24.1 Å². The predicted molar refractivity (Wildman–Crippen MR) is 122 cm³/mol. The number of aromatic nitrogens is 3. The highest BCUT2D eigenvalue weighted by Crippen LogP contribution is 2.23. The van der Waals surface area contributed by atoms with Crippen molar-refractivity contribution in [1.29, 1.82) is 0 Å². The molecule has 0 atom stereocenters. The minimum Gasteiger partial charge on any atom is -0.497 e. The number of nitrogens with zero attached hydrogens (tertiary/aromatic N) is 3. The van der Waals surface area contributed by atoms with Gasteiger partial charge in [-0.15, -0.1) is 21.5 Å². The second kappa shape index (κ2) is 10.4. The number of nitrogens with one attached hydrogen (secondary N) is 1. The zero-order valence-corrected chi connectivity index (χ0v) is 18.7. The van der Waals surface area contributed by atoms with Crippen LogP contribution in [0.2, 0.25) is 0 Å². The highest BCUT2D eigenvalue weighted by atomic mass is 32.2. The van der Waals surface area contributed by atoms with Crippen LogP contribution in [0.1, 0.15) is 16.5 Å². The summed E-state index contributed by atoms with van der Waals surface area (Å²) in [6.45, 7) is 0.572. The molecule has 0 radical (unpaired) electrons. The molecule has 31 heavy (non-hydrogen) atoms. The summed E-state index contributed by atoms with van der Waals surface area (Å²) in [5, 5.41) is 12.5. The zero-order valence-electron chi connectivity index (χ0n) is 17.0. The first-order valence-corrected chi connectivity index (χ1v) is 11.7. The van der Waals surface area contributed by atoms with E-state index in [1.54, 1.807) is 18.4 Å². The van der Waals surface area contributed by atoms with E-state index in [1.165, 1.54) is 16.5 Å². The van der Waals surface area contributed by atoms with Gasteiger partial charge < -0.3 is 14.5 Å². The van der Waals surface area contributed by atoms with Gasteiger partial charge >= 0.3 is 0 Å². The third-order valence-corrected chi connectivity index (χ3v) is 6.48. The van der Waals surface area contributed by atoms with E-state index in [9.17, 15) is 4.79 Å². The van der Waals surface area contributed by atoms with Crippen LogP contribution in [0.15, 0.2) is 58.2 Å². The number of carbonyl (C=O) groups excluding carboxylic acids is 1. The normalized spacial score (nSPS) is 11.0. The van der Waals surface area contributed by atoms with Gasteiger partial charge in [-0.2, -0.15) is 0 Å². The first-order valence-electron chi connectivity index (χ1n) is 9.89. The summed E-state index contributed by atoms with van der Waals surface area (Å²) in [7, 11) is 1.64. The maximum Gasteiger partial charge on any atom is 0.277 e. The Morgan fingerprint density at radius 3 is 2.74 bits per heavy atom.